The summed E-state index contributed by atoms with van der Waals surface area (Å²) < 4.78 is 0. The molecule has 1 atom stereocenters. The maximum Gasteiger partial charge on any atom is 0.220 e. The molecule has 2 N–H and O–H groups in total. The van der Waals surface area contributed by atoms with Crippen LogP contribution in [-0.2, 0) is 4.79 Å². The minimum atomic E-state index is 0.278. The third-order valence-electron chi connectivity index (χ3n) is 4.68. The van der Waals surface area contributed by atoms with Crippen LogP contribution < -0.4 is 10.6 Å². The number of carbonyl (C=O) groups excluding carboxylic acids is 1. The summed E-state index contributed by atoms with van der Waals surface area (Å²) in [6.07, 6.45) is 9.73. The highest BCUT2D eigenvalue weighted by Gasteiger charge is 2.23. The van der Waals surface area contributed by atoms with Crippen LogP contribution in [0.2, 0.25) is 0 Å². The Morgan fingerprint density at radius 1 is 1.17 bits per heavy atom. The van der Waals surface area contributed by atoms with E-state index in [9.17, 15) is 4.79 Å². The summed E-state index contributed by atoms with van der Waals surface area (Å²) in [5.74, 6) is 1.60. The normalized spacial score (nSPS) is 24.7. The first-order valence-electron chi connectivity index (χ1n) is 7.76. The second-order valence-electron chi connectivity index (χ2n) is 6.15. The van der Waals surface area contributed by atoms with Crippen LogP contribution in [0.5, 0.6) is 0 Å². The second-order valence-corrected chi connectivity index (χ2v) is 6.15. The highest BCUT2D eigenvalue weighted by Crippen LogP contribution is 2.26. The number of piperidine rings is 1. The Morgan fingerprint density at radius 3 is 2.50 bits per heavy atom. The van der Waals surface area contributed by atoms with Crippen molar-refractivity contribution >= 4 is 5.91 Å². The van der Waals surface area contributed by atoms with E-state index in [1.165, 1.54) is 32.1 Å². The van der Waals surface area contributed by atoms with E-state index in [1.807, 2.05) is 0 Å². The average Bonchev–Trinajstić information content (AvgIpc) is 2.40. The van der Waals surface area contributed by atoms with Crippen LogP contribution in [0.25, 0.3) is 0 Å². The van der Waals surface area contributed by atoms with Gasteiger partial charge in [-0.1, -0.05) is 19.3 Å². The molecule has 0 radical (unpaired) electrons. The number of amides is 1. The van der Waals surface area contributed by atoms with Gasteiger partial charge in [-0.05, 0) is 57.5 Å². The summed E-state index contributed by atoms with van der Waals surface area (Å²) in [5, 5.41) is 6.59. The number of rotatable bonds is 4. The average molecular weight is 252 g/mol. The summed E-state index contributed by atoms with van der Waals surface area (Å²) in [6, 6.07) is 0.375. The monoisotopic (exact) mass is 252 g/mol. The Morgan fingerprint density at radius 2 is 1.83 bits per heavy atom. The largest absolute Gasteiger partial charge is 0.353 e. The molecule has 3 heteroatoms. The van der Waals surface area contributed by atoms with Gasteiger partial charge in [-0.3, -0.25) is 4.79 Å². The first-order chi connectivity index (χ1) is 8.75. The molecule has 1 saturated carbocycles. The van der Waals surface area contributed by atoms with E-state index < -0.39 is 0 Å². The van der Waals surface area contributed by atoms with E-state index in [1.54, 1.807) is 0 Å². The molecule has 1 amide bonds. The van der Waals surface area contributed by atoms with Crippen molar-refractivity contribution < 1.29 is 4.79 Å². The number of hydrogen-bond acceptors (Lipinski definition) is 2. The van der Waals surface area contributed by atoms with Gasteiger partial charge < -0.3 is 10.6 Å². The molecule has 0 spiro atoms. The molecule has 2 rings (SSSR count). The van der Waals surface area contributed by atoms with Gasteiger partial charge in [0.1, 0.15) is 0 Å². The maximum absolute atomic E-state index is 12.0. The SMILES string of the molecule is C[C@@H](NC(=O)CC1CCNCC1)C1CCCCC1. The standard InChI is InChI=1S/C15H28N2O/c1-12(14-5-3-2-4-6-14)17-15(18)11-13-7-9-16-10-8-13/h12-14,16H,2-11H2,1H3,(H,17,18)/t12-/m1/s1. The third kappa shape index (κ3) is 4.27. The molecule has 1 aliphatic carbocycles. The molecule has 1 aliphatic heterocycles. The van der Waals surface area contributed by atoms with Gasteiger partial charge >= 0.3 is 0 Å². The molecule has 2 aliphatic rings. The topological polar surface area (TPSA) is 41.1 Å². The second kappa shape index (κ2) is 7.13. The van der Waals surface area contributed by atoms with Gasteiger partial charge in [-0.2, -0.15) is 0 Å². The van der Waals surface area contributed by atoms with E-state index in [4.69, 9.17) is 0 Å². The van der Waals surface area contributed by atoms with Crippen LogP contribution in [0.15, 0.2) is 0 Å². The summed E-state index contributed by atoms with van der Waals surface area (Å²) in [4.78, 5) is 12.0. The molecular weight excluding hydrogens is 224 g/mol. The third-order valence-corrected chi connectivity index (χ3v) is 4.68. The predicted molar refractivity (Wildman–Crippen MR) is 74.4 cm³/mol. The van der Waals surface area contributed by atoms with E-state index >= 15 is 0 Å². The zero-order valence-corrected chi connectivity index (χ0v) is 11.7. The minimum Gasteiger partial charge on any atom is -0.353 e. The molecule has 0 aromatic heterocycles. The van der Waals surface area contributed by atoms with Gasteiger partial charge in [0.15, 0.2) is 0 Å². The van der Waals surface area contributed by atoms with Crippen molar-refractivity contribution in [3.8, 4) is 0 Å². The highest BCUT2D eigenvalue weighted by molar-refractivity contribution is 5.76. The first-order valence-corrected chi connectivity index (χ1v) is 7.76. The van der Waals surface area contributed by atoms with Crippen molar-refractivity contribution in [2.24, 2.45) is 11.8 Å². The van der Waals surface area contributed by atoms with Gasteiger partial charge in [-0.25, -0.2) is 0 Å². The molecule has 18 heavy (non-hydrogen) atoms. The Kier molecular flexibility index (Phi) is 5.48. The van der Waals surface area contributed by atoms with Crippen molar-refractivity contribution in [3.05, 3.63) is 0 Å². The van der Waals surface area contributed by atoms with E-state index in [-0.39, 0.29) is 5.91 Å². The summed E-state index contributed by atoms with van der Waals surface area (Å²) in [5.41, 5.74) is 0. The first kappa shape index (κ1) is 13.9. The van der Waals surface area contributed by atoms with E-state index in [0.29, 0.717) is 12.0 Å². The Balaban J connectivity index is 1.68. The van der Waals surface area contributed by atoms with Crippen LogP contribution >= 0.6 is 0 Å². The smallest absolute Gasteiger partial charge is 0.220 e. The fraction of sp³-hybridized carbons (Fsp3) is 0.933. The minimum absolute atomic E-state index is 0.278. The zero-order chi connectivity index (χ0) is 12.8. The Labute approximate surface area is 111 Å². The molecule has 0 aromatic rings. The van der Waals surface area contributed by atoms with Crippen molar-refractivity contribution in [2.75, 3.05) is 13.1 Å². The van der Waals surface area contributed by atoms with Crippen LogP contribution in [0.1, 0.15) is 58.3 Å². The van der Waals surface area contributed by atoms with Gasteiger partial charge in [-0.15, -0.1) is 0 Å². The fourth-order valence-electron chi connectivity index (χ4n) is 3.41. The maximum atomic E-state index is 12.0. The highest BCUT2D eigenvalue weighted by atomic mass is 16.1. The van der Waals surface area contributed by atoms with Crippen molar-refractivity contribution in [2.45, 2.75) is 64.3 Å². The predicted octanol–water partition coefficient (Wildman–Crippen LogP) is 2.46. The molecule has 1 saturated heterocycles. The van der Waals surface area contributed by atoms with Crippen molar-refractivity contribution in [1.29, 1.82) is 0 Å². The molecule has 1 heterocycles. The summed E-state index contributed by atoms with van der Waals surface area (Å²) >= 11 is 0. The van der Waals surface area contributed by atoms with Gasteiger partial charge in [0, 0.05) is 12.5 Å². The van der Waals surface area contributed by atoms with E-state index in [2.05, 4.69) is 17.6 Å². The van der Waals surface area contributed by atoms with Crippen LogP contribution in [0, 0.1) is 11.8 Å². The van der Waals surface area contributed by atoms with Crippen LogP contribution in [0.4, 0.5) is 0 Å². The van der Waals surface area contributed by atoms with E-state index in [0.717, 1.165) is 38.3 Å². The van der Waals surface area contributed by atoms with Gasteiger partial charge in [0.05, 0.1) is 0 Å². The summed E-state index contributed by atoms with van der Waals surface area (Å²) in [6.45, 7) is 4.35. The quantitative estimate of drug-likeness (QED) is 0.807. The molecule has 0 bridgehead atoms. The van der Waals surface area contributed by atoms with Crippen molar-refractivity contribution in [1.82, 2.24) is 10.6 Å². The molecule has 0 unspecified atom stereocenters. The number of carbonyl (C=O) groups is 1. The lowest BCUT2D eigenvalue weighted by Gasteiger charge is -2.29. The lowest BCUT2D eigenvalue weighted by Crippen LogP contribution is -2.40. The molecule has 2 fully saturated rings. The lowest BCUT2D eigenvalue weighted by molar-refractivity contribution is -0.123. The van der Waals surface area contributed by atoms with Crippen LogP contribution in [-0.4, -0.2) is 25.0 Å². The Hall–Kier alpha value is -0.570. The molecule has 0 aromatic carbocycles. The fourth-order valence-corrected chi connectivity index (χ4v) is 3.41. The summed E-state index contributed by atoms with van der Waals surface area (Å²) in [7, 11) is 0. The molecule has 104 valence electrons. The number of nitrogens with one attached hydrogen (secondary N) is 2. The molecule has 3 nitrogen and oxygen atoms in total. The van der Waals surface area contributed by atoms with Crippen molar-refractivity contribution in [3.63, 3.8) is 0 Å². The Bertz CT molecular complexity index is 255. The lowest BCUT2D eigenvalue weighted by atomic mass is 9.84. The zero-order valence-electron chi connectivity index (χ0n) is 11.7. The van der Waals surface area contributed by atoms with Gasteiger partial charge in [0.2, 0.25) is 5.91 Å². The van der Waals surface area contributed by atoms with Crippen LogP contribution in [0.3, 0.4) is 0 Å². The van der Waals surface area contributed by atoms with Gasteiger partial charge in [0.25, 0.3) is 0 Å². The number of hydrogen-bond donors (Lipinski definition) is 2. The molecular formula is C15H28N2O.